The molecule has 1 N–H and O–H groups in total. The number of ether oxygens (including phenoxy) is 2. The molecule has 0 spiro atoms. The molecule has 0 aliphatic heterocycles. The van der Waals surface area contributed by atoms with E-state index in [9.17, 15) is 9.59 Å². The molecule has 0 unspecified atom stereocenters. The van der Waals surface area contributed by atoms with Crippen LogP contribution < -0.4 is 0 Å². The SMILES string of the molecule is CCOC(=O)c1c(N=N[C@H](C#N)C(=O)OCC)n[nH]c1C. The second kappa shape index (κ2) is 7.74. The van der Waals surface area contributed by atoms with Crippen molar-refractivity contribution in [3.8, 4) is 6.07 Å². The number of hydrogen-bond donors (Lipinski definition) is 1. The third-order valence-corrected chi connectivity index (χ3v) is 2.31. The molecule has 9 nitrogen and oxygen atoms in total. The largest absolute Gasteiger partial charge is 0.464 e. The topological polar surface area (TPSA) is 130 Å². The number of hydrogen-bond acceptors (Lipinski definition) is 8. The number of aromatic nitrogens is 2. The van der Waals surface area contributed by atoms with E-state index in [1.54, 1.807) is 26.8 Å². The number of rotatable bonds is 6. The highest BCUT2D eigenvalue weighted by molar-refractivity contribution is 5.95. The number of H-pyrrole nitrogens is 1. The van der Waals surface area contributed by atoms with Gasteiger partial charge in [-0.15, -0.1) is 5.11 Å². The molecule has 1 rings (SSSR count). The Labute approximate surface area is 121 Å². The normalized spacial score (nSPS) is 11.9. The van der Waals surface area contributed by atoms with Gasteiger partial charge < -0.3 is 9.47 Å². The van der Waals surface area contributed by atoms with Crippen LogP contribution in [-0.2, 0) is 14.3 Å². The average Bonchev–Trinajstić information content (AvgIpc) is 2.81. The molecule has 0 saturated carbocycles. The van der Waals surface area contributed by atoms with E-state index in [-0.39, 0.29) is 24.6 Å². The molecule has 1 aromatic rings. The minimum Gasteiger partial charge on any atom is -0.464 e. The molecular weight excluding hydrogens is 278 g/mol. The molecule has 0 saturated heterocycles. The maximum absolute atomic E-state index is 11.8. The van der Waals surface area contributed by atoms with E-state index in [0.717, 1.165) is 0 Å². The Hall–Kier alpha value is -2.76. The third kappa shape index (κ3) is 4.10. The first kappa shape index (κ1) is 16.3. The summed E-state index contributed by atoms with van der Waals surface area (Å²) in [5.74, 6) is -1.47. The fourth-order valence-corrected chi connectivity index (χ4v) is 1.40. The molecule has 0 aliphatic carbocycles. The number of nitrogens with zero attached hydrogens (tertiary/aromatic N) is 4. The highest BCUT2D eigenvalue weighted by atomic mass is 16.5. The summed E-state index contributed by atoms with van der Waals surface area (Å²) in [5.41, 5.74) is 0.563. The second-order valence-corrected chi connectivity index (χ2v) is 3.77. The van der Waals surface area contributed by atoms with Gasteiger partial charge in [0.1, 0.15) is 11.6 Å². The summed E-state index contributed by atoms with van der Waals surface area (Å²) in [6.45, 7) is 5.22. The minimum atomic E-state index is -1.41. The Morgan fingerprint density at radius 1 is 1.38 bits per heavy atom. The zero-order valence-corrected chi connectivity index (χ0v) is 11.9. The number of azo groups is 1. The van der Waals surface area contributed by atoms with Gasteiger partial charge in [-0.2, -0.15) is 15.5 Å². The maximum Gasteiger partial charge on any atom is 0.347 e. The van der Waals surface area contributed by atoms with Crippen LogP contribution in [0.2, 0.25) is 0 Å². The van der Waals surface area contributed by atoms with E-state index in [0.29, 0.717) is 5.69 Å². The molecule has 9 heteroatoms. The Balaban J connectivity index is 2.97. The molecule has 0 bridgehead atoms. The van der Waals surface area contributed by atoms with Crippen LogP contribution in [0.5, 0.6) is 0 Å². The number of esters is 2. The molecular formula is C12H15N5O4. The van der Waals surface area contributed by atoms with Crippen LogP contribution in [0.3, 0.4) is 0 Å². The lowest BCUT2D eigenvalue weighted by Crippen LogP contribution is -2.19. The van der Waals surface area contributed by atoms with Crippen LogP contribution in [0.25, 0.3) is 0 Å². The first-order valence-corrected chi connectivity index (χ1v) is 6.24. The summed E-state index contributed by atoms with van der Waals surface area (Å²) < 4.78 is 9.54. The van der Waals surface area contributed by atoms with E-state index in [2.05, 4.69) is 25.2 Å². The minimum absolute atomic E-state index is 0.0458. The predicted octanol–water partition coefficient (Wildman–Crippen LogP) is 1.43. The van der Waals surface area contributed by atoms with Crippen molar-refractivity contribution in [2.75, 3.05) is 13.2 Å². The highest BCUT2D eigenvalue weighted by Crippen LogP contribution is 2.21. The first-order valence-electron chi connectivity index (χ1n) is 6.24. The monoisotopic (exact) mass is 293 g/mol. The molecule has 0 aliphatic rings. The van der Waals surface area contributed by atoms with E-state index >= 15 is 0 Å². The van der Waals surface area contributed by atoms with Crippen molar-refractivity contribution in [3.05, 3.63) is 11.3 Å². The van der Waals surface area contributed by atoms with Crippen LogP contribution in [-0.4, -0.2) is 41.4 Å². The quantitative estimate of drug-likeness (QED) is 0.623. The molecule has 1 heterocycles. The van der Waals surface area contributed by atoms with Crippen LogP contribution in [0.1, 0.15) is 29.9 Å². The predicted molar refractivity (Wildman–Crippen MR) is 69.8 cm³/mol. The smallest absolute Gasteiger partial charge is 0.347 e. The van der Waals surface area contributed by atoms with Crippen molar-refractivity contribution in [1.29, 1.82) is 5.26 Å². The van der Waals surface area contributed by atoms with Crippen LogP contribution in [0, 0.1) is 18.3 Å². The van der Waals surface area contributed by atoms with Crippen molar-refractivity contribution in [2.24, 2.45) is 10.2 Å². The molecule has 0 amide bonds. The first-order chi connectivity index (χ1) is 10.0. The van der Waals surface area contributed by atoms with Crippen molar-refractivity contribution in [3.63, 3.8) is 0 Å². The van der Waals surface area contributed by atoms with Gasteiger partial charge in [-0.3, -0.25) is 5.10 Å². The number of aromatic amines is 1. The summed E-state index contributed by atoms with van der Waals surface area (Å²) in [6, 6.07) is 0.243. The average molecular weight is 293 g/mol. The summed E-state index contributed by atoms with van der Waals surface area (Å²) in [5, 5.41) is 22.4. The number of nitrogens with one attached hydrogen (secondary N) is 1. The maximum atomic E-state index is 11.8. The zero-order chi connectivity index (χ0) is 15.8. The summed E-state index contributed by atoms with van der Waals surface area (Å²) >= 11 is 0. The lowest BCUT2D eigenvalue weighted by molar-refractivity contribution is -0.143. The fourth-order valence-electron chi connectivity index (χ4n) is 1.40. The van der Waals surface area contributed by atoms with Gasteiger partial charge in [0.2, 0.25) is 5.82 Å². The van der Waals surface area contributed by atoms with Crippen LogP contribution >= 0.6 is 0 Å². The van der Waals surface area contributed by atoms with Gasteiger partial charge in [-0.1, -0.05) is 0 Å². The number of carbonyl (C=O) groups excluding carboxylic acids is 2. The van der Waals surface area contributed by atoms with Gasteiger partial charge >= 0.3 is 11.9 Å². The molecule has 0 radical (unpaired) electrons. The van der Waals surface area contributed by atoms with Crippen molar-refractivity contribution in [1.82, 2.24) is 10.2 Å². The second-order valence-electron chi connectivity index (χ2n) is 3.77. The van der Waals surface area contributed by atoms with E-state index < -0.39 is 18.0 Å². The lowest BCUT2D eigenvalue weighted by atomic mass is 10.2. The van der Waals surface area contributed by atoms with Crippen molar-refractivity contribution >= 4 is 17.8 Å². The number of nitriles is 1. The van der Waals surface area contributed by atoms with E-state index in [1.807, 2.05) is 0 Å². The number of aryl methyl sites for hydroxylation is 1. The van der Waals surface area contributed by atoms with E-state index in [1.165, 1.54) is 0 Å². The van der Waals surface area contributed by atoms with Crippen molar-refractivity contribution in [2.45, 2.75) is 26.8 Å². The third-order valence-electron chi connectivity index (χ3n) is 2.31. The molecule has 1 aromatic heterocycles. The lowest BCUT2D eigenvalue weighted by Gasteiger charge is -2.02. The standard InChI is InChI=1S/C12H15N5O4/c1-4-20-11(18)8(6-13)15-17-10-9(7(3)14-16-10)12(19)21-5-2/h8H,4-5H2,1-3H3,(H,14,16)/t8-/m1/s1. The molecule has 0 fully saturated rings. The summed E-state index contributed by atoms with van der Waals surface area (Å²) in [4.78, 5) is 23.2. The molecule has 0 aromatic carbocycles. The van der Waals surface area contributed by atoms with Gasteiger partial charge in [0.15, 0.2) is 0 Å². The Bertz CT molecular complexity index is 587. The van der Waals surface area contributed by atoms with Crippen LogP contribution in [0.4, 0.5) is 5.82 Å². The Morgan fingerprint density at radius 2 is 2.05 bits per heavy atom. The zero-order valence-electron chi connectivity index (χ0n) is 11.9. The molecule has 112 valence electrons. The number of carbonyl (C=O) groups is 2. The summed E-state index contributed by atoms with van der Waals surface area (Å²) in [6.07, 6.45) is 0. The fraction of sp³-hybridized carbons (Fsp3) is 0.500. The molecule has 1 atom stereocenters. The van der Waals surface area contributed by atoms with Gasteiger partial charge in [0.25, 0.3) is 6.04 Å². The molecule has 21 heavy (non-hydrogen) atoms. The highest BCUT2D eigenvalue weighted by Gasteiger charge is 2.22. The van der Waals surface area contributed by atoms with Gasteiger partial charge in [0, 0.05) is 5.69 Å². The van der Waals surface area contributed by atoms with E-state index in [4.69, 9.17) is 10.00 Å². The Kier molecular flexibility index (Phi) is 6.00. The van der Waals surface area contributed by atoms with Gasteiger partial charge in [-0.25, -0.2) is 9.59 Å². The van der Waals surface area contributed by atoms with Gasteiger partial charge in [-0.05, 0) is 20.8 Å². The summed E-state index contributed by atoms with van der Waals surface area (Å²) in [7, 11) is 0. The van der Waals surface area contributed by atoms with Crippen LogP contribution in [0.15, 0.2) is 10.2 Å². The van der Waals surface area contributed by atoms with Crippen molar-refractivity contribution < 1.29 is 19.1 Å². The van der Waals surface area contributed by atoms with Gasteiger partial charge in [0.05, 0.1) is 13.2 Å². The Morgan fingerprint density at radius 3 is 2.62 bits per heavy atom.